The van der Waals surface area contributed by atoms with Crippen molar-refractivity contribution >= 4 is 5.97 Å². The summed E-state index contributed by atoms with van der Waals surface area (Å²) in [5.74, 6) is -0.459. The summed E-state index contributed by atoms with van der Waals surface area (Å²) in [5.41, 5.74) is 0. The van der Waals surface area contributed by atoms with E-state index in [9.17, 15) is 9.18 Å². The summed E-state index contributed by atoms with van der Waals surface area (Å²) in [7, 11) is 1.43. The molecule has 90 valence electrons. The minimum Gasteiger partial charge on any atom is -0.497 e. The molecule has 1 aliphatic carbocycles. The van der Waals surface area contributed by atoms with Crippen LogP contribution in [0.5, 0.6) is 11.5 Å². The molecule has 0 unspecified atom stereocenters. The number of hydrogen-bond donors (Lipinski definition) is 0. The Morgan fingerprint density at radius 2 is 1.88 bits per heavy atom. The van der Waals surface area contributed by atoms with Crippen molar-refractivity contribution in [3.63, 3.8) is 0 Å². The predicted octanol–water partition coefficient (Wildman–Crippen LogP) is 2.71. The maximum absolute atomic E-state index is 13.2. The Hall–Kier alpha value is -1.84. The van der Waals surface area contributed by atoms with Gasteiger partial charge in [0.2, 0.25) is 0 Å². The molecular weight excluding hydrogens is 223 g/mol. The maximum Gasteiger partial charge on any atom is 0.314 e. The van der Waals surface area contributed by atoms with Gasteiger partial charge in [-0.15, -0.1) is 0 Å². The van der Waals surface area contributed by atoms with Gasteiger partial charge in [0.15, 0.2) is 0 Å². The van der Waals surface area contributed by atoms with Crippen molar-refractivity contribution in [1.82, 2.24) is 0 Å². The first-order valence-electron chi connectivity index (χ1n) is 5.40. The molecule has 0 saturated heterocycles. The smallest absolute Gasteiger partial charge is 0.314 e. The number of carbonyl (C=O) groups is 1. The highest BCUT2D eigenvalue weighted by Gasteiger charge is 2.21. The van der Waals surface area contributed by atoms with Gasteiger partial charge in [-0.25, -0.2) is 4.39 Å². The van der Waals surface area contributed by atoms with Crippen LogP contribution in [-0.2, 0) is 4.79 Å². The lowest BCUT2D eigenvalue weighted by Crippen LogP contribution is -2.18. The summed E-state index contributed by atoms with van der Waals surface area (Å²) in [4.78, 5) is 11.7. The second-order valence-corrected chi connectivity index (χ2v) is 3.89. The molecule has 17 heavy (non-hydrogen) atoms. The lowest BCUT2D eigenvalue weighted by molar-refractivity contribution is -0.138. The minimum absolute atomic E-state index is 0.149. The van der Waals surface area contributed by atoms with E-state index in [0.717, 1.165) is 0 Å². The predicted molar refractivity (Wildman–Crippen MR) is 60.5 cm³/mol. The quantitative estimate of drug-likeness (QED) is 0.460. The van der Waals surface area contributed by atoms with Crippen LogP contribution in [0.2, 0.25) is 0 Å². The third kappa shape index (κ3) is 2.84. The zero-order chi connectivity index (χ0) is 12.3. The van der Waals surface area contributed by atoms with Crippen LogP contribution in [-0.4, -0.2) is 13.1 Å². The van der Waals surface area contributed by atoms with E-state index in [1.807, 2.05) is 12.2 Å². The fraction of sp³-hybridized carbons (Fsp3) is 0.308. The molecule has 1 aromatic rings. The normalized spacial score (nSPS) is 14.9. The second kappa shape index (κ2) is 4.99. The summed E-state index contributed by atoms with van der Waals surface area (Å²) in [6.07, 6.45) is 5.26. The lowest BCUT2D eigenvalue weighted by Gasteiger charge is -2.10. The Morgan fingerprint density at radius 3 is 2.53 bits per heavy atom. The van der Waals surface area contributed by atoms with Crippen LogP contribution in [0.15, 0.2) is 30.4 Å². The number of methoxy groups -OCH3 is 1. The molecule has 2 rings (SSSR count). The molecule has 3 nitrogen and oxygen atoms in total. The van der Waals surface area contributed by atoms with Gasteiger partial charge in [0.25, 0.3) is 0 Å². The van der Waals surface area contributed by atoms with Crippen molar-refractivity contribution in [2.75, 3.05) is 7.11 Å². The molecule has 1 aromatic carbocycles. The molecule has 0 saturated carbocycles. The maximum atomic E-state index is 13.2. The van der Waals surface area contributed by atoms with E-state index in [1.54, 1.807) is 0 Å². The zero-order valence-electron chi connectivity index (χ0n) is 9.48. The minimum atomic E-state index is -0.489. The average molecular weight is 236 g/mol. The van der Waals surface area contributed by atoms with E-state index in [2.05, 4.69) is 0 Å². The summed E-state index contributed by atoms with van der Waals surface area (Å²) in [5, 5.41) is 0. The zero-order valence-corrected chi connectivity index (χ0v) is 9.48. The Bertz CT molecular complexity index is 446. The fourth-order valence-electron chi connectivity index (χ4n) is 1.72. The first-order valence-corrected chi connectivity index (χ1v) is 5.40. The number of carbonyl (C=O) groups excluding carboxylic acids is 1. The van der Waals surface area contributed by atoms with E-state index in [1.165, 1.54) is 25.3 Å². The molecule has 0 aromatic heterocycles. The SMILES string of the molecule is COc1cc(F)cc(OC(=O)C2CC=CC2)c1. The van der Waals surface area contributed by atoms with E-state index in [0.29, 0.717) is 18.6 Å². The number of halogens is 1. The van der Waals surface area contributed by atoms with Gasteiger partial charge in [-0.05, 0) is 12.8 Å². The summed E-state index contributed by atoms with van der Waals surface area (Å²) < 4.78 is 23.2. The van der Waals surface area contributed by atoms with Crippen molar-refractivity contribution in [3.8, 4) is 11.5 Å². The molecule has 0 spiro atoms. The van der Waals surface area contributed by atoms with Gasteiger partial charge >= 0.3 is 5.97 Å². The van der Waals surface area contributed by atoms with Gasteiger partial charge in [0, 0.05) is 18.2 Å². The van der Waals surface area contributed by atoms with Crippen molar-refractivity contribution in [1.29, 1.82) is 0 Å². The van der Waals surface area contributed by atoms with E-state index in [-0.39, 0.29) is 17.6 Å². The van der Waals surface area contributed by atoms with Crippen molar-refractivity contribution in [2.45, 2.75) is 12.8 Å². The molecule has 0 atom stereocenters. The van der Waals surface area contributed by atoms with Crippen LogP contribution >= 0.6 is 0 Å². The number of ether oxygens (including phenoxy) is 2. The van der Waals surface area contributed by atoms with Crippen LogP contribution in [0.3, 0.4) is 0 Å². The topological polar surface area (TPSA) is 35.5 Å². The van der Waals surface area contributed by atoms with Crippen LogP contribution in [0.1, 0.15) is 12.8 Å². The Kier molecular flexibility index (Phi) is 3.42. The van der Waals surface area contributed by atoms with Crippen molar-refractivity contribution in [3.05, 3.63) is 36.2 Å². The van der Waals surface area contributed by atoms with Crippen molar-refractivity contribution < 1.29 is 18.7 Å². The highest BCUT2D eigenvalue weighted by molar-refractivity contribution is 5.76. The van der Waals surface area contributed by atoms with Gasteiger partial charge in [-0.3, -0.25) is 4.79 Å². The monoisotopic (exact) mass is 236 g/mol. The standard InChI is InChI=1S/C13H13FO3/c1-16-11-6-10(14)7-12(8-11)17-13(15)9-4-2-3-5-9/h2-3,6-9H,4-5H2,1H3. The molecule has 1 aliphatic rings. The van der Waals surface area contributed by atoms with Gasteiger partial charge in [0.1, 0.15) is 17.3 Å². The average Bonchev–Trinajstić information content (AvgIpc) is 2.81. The first kappa shape index (κ1) is 11.6. The van der Waals surface area contributed by atoms with E-state index in [4.69, 9.17) is 9.47 Å². The van der Waals surface area contributed by atoms with Gasteiger partial charge in [-0.1, -0.05) is 12.2 Å². The molecule has 0 radical (unpaired) electrons. The van der Waals surface area contributed by atoms with Gasteiger partial charge in [-0.2, -0.15) is 0 Å². The molecule has 0 bridgehead atoms. The largest absolute Gasteiger partial charge is 0.497 e. The van der Waals surface area contributed by atoms with Gasteiger partial charge < -0.3 is 9.47 Å². The van der Waals surface area contributed by atoms with Crippen LogP contribution in [0.4, 0.5) is 4.39 Å². The lowest BCUT2D eigenvalue weighted by atomic mass is 10.1. The second-order valence-electron chi connectivity index (χ2n) is 3.89. The fourth-order valence-corrected chi connectivity index (χ4v) is 1.72. The highest BCUT2D eigenvalue weighted by Crippen LogP contribution is 2.25. The van der Waals surface area contributed by atoms with Crippen LogP contribution < -0.4 is 9.47 Å². The number of esters is 1. The molecular formula is C13H13FO3. The summed E-state index contributed by atoms with van der Waals surface area (Å²) in [6, 6.07) is 3.89. The Labute approximate surface area is 98.8 Å². The first-order chi connectivity index (χ1) is 8.19. The molecule has 0 fully saturated rings. The summed E-state index contributed by atoms with van der Waals surface area (Å²) >= 11 is 0. The third-order valence-electron chi connectivity index (χ3n) is 2.64. The van der Waals surface area contributed by atoms with Crippen molar-refractivity contribution in [2.24, 2.45) is 5.92 Å². The summed E-state index contributed by atoms with van der Waals surface area (Å²) in [6.45, 7) is 0. The molecule has 0 amide bonds. The molecule has 0 heterocycles. The van der Waals surface area contributed by atoms with Gasteiger partial charge in [0.05, 0.1) is 13.0 Å². The number of hydrogen-bond acceptors (Lipinski definition) is 3. The number of rotatable bonds is 3. The third-order valence-corrected chi connectivity index (χ3v) is 2.64. The molecule has 0 aliphatic heterocycles. The molecule has 0 N–H and O–H groups in total. The number of benzene rings is 1. The van der Waals surface area contributed by atoms with E-state index < -0.39 is 5.82 Å². The van der Waals surface area contributed by atoms with Crippen LogP contribution in [0.25, 0.3) is 0 Å². The Morgan fingerprint density at radius 1 is 1.24 bits per heavy atom. The number of allylic oxidation sites excluding steroid dienone is 2. The Balaban J connectivity index is 2.07. The van der Waals surface area contributed by atoms with Crippen LogP contribution in [0, 0.1) is 11.7 Å². The molecule has 4 heteroatoms. The highest BCUT2D eigenvalue weighted by atomic mass is 19.1. The van der Waals surface area contributed by atoms with E-state index >= 15 is 0 Å².